The summed E-state index contributed by atoms with van der Waals surface area (Å²) in [7, 11) is 0. The van der Waals surface area contributed by atoms with E-state index in [0.29, 0.717) is 36.9 Å². The Hall–Kier alpha value is -2.01. The van der Waals surface area contributed by atoms with Crippen LogP contribution in [0.3, 0.4) is 0 Å². The van der Waals surface area contributed by atoms with Crippen LogP contribution in [-0.4, -0.2) is 72.3 Å². The molecule has 3 saturated heterocycles. The molecule has 3 fully saturated rings. The molecular formula is C20H23BrF3N3O4. The summed E-state index contributed by atoms with van der Waals surface area (Å²) in [6.07, 6.45) is -3.84. The Balaban J connectivity index is 1.41. The Morgan fingerprint density at radius 2 is 2.06 bits per heavy atom. The highest BCUT2D eigenvalue weighted by atomic mass is 79.9. The standard InChI is InChI=1S/C20H23BrF3N3O4/c1-11-15(31-17-8-12(20(22,23)24)2-3-13(17)21)5-7-27(11)19(29)26-6-4-16-14(9-26)25-18(28)10-30-16/h2-3,8,11,14-16H,4-7,9-10H2,1H3,(H,25,28)/t11-,14-,15+,16+/m1/s1. The van der Waals surface area contributed by atoms with Gasteiger partial charge in [0.05, 0.1) is 28.2 Å². The van der Waals surface area contributed by atoms with Crippen molar-refractivity contribution in [3.63, 3.8) is 0 Å². The number of nitrogens with zero attached hydrogens (tertiary/aromatic N) is 2. The Kier molecular flexibility index (Phi) is 6.08. The zero-order valence-electron chi connectivity index (χ0n) is 16.8. The van der Waals surface area contributed by atoms with Gasteiger partial charge >= 0.3 is 12.2 Å². The maximum absolute atomic E-state index is 13.1. The van der Waals surface area contributed by atoms with Crippen LogP contribution in [0.2, 0.25) is 0 Å². The van der Waals surface area contributed by atoms with Gasteiger partial charge in [-0.05, 0) is 47.5 Å². The van der Waals surface area contributed by atoms with Crippen LogP contribution < -0.4 is 10.1 Å². The fourth-order valence-electron chi connectivity index (χ4n) is 4.33. The van der Waals surface area contributed by atoms with Gasteiger partial charge in [0, 0.05) is 26.1 Å². The molecule has 0 aliphatic carbocycles. The van der Waals surface area contributed by atoms with Crippen LogP contribution in [0.1, 0.15) is 25.3 Å². The first-order valence-electron chi connectivity index (χ1n) is 10.1. The second-order valence-corrected chi connectivity index (χ2v) is 8.92. The van der Waals surface area contributed by atoms with E-state index in [1.165, 1.54) is 6.07 Å². The highest BCUT2D eigenvalue weighted by Gasteiger charge is 2.42. The first kappa shape index (κ1) is 22.2. The lowest BCUT2D eigenvalue weighted by Gasteiger charge is -2.42. The zero-order valence-corrected chi connectivity index (χ0v) is 18.4. The summed E-state index contributed by atoms with van der Waals surface area (Å²) in [4.78, 5) is 28.1. The number of piperidine rings is 1. The lowest BCUT2D eigenvalue weighted by atomic mass is 10.0. The minimum absolute atomic E-state index is 0.0440. The van der Waals surface area contributed by atoms with Crippen molar-refractivity contribution in [2.45, 2.75) is 50.2 Å². The third-order valence-electron chi connectivity index (χ3n) is 6.06. The van der Waals surface area contributed by atoms with E-state index >= 15 is 0 Å². The van der Waals surface area contributed by atoms with Crippen LogP contribution in [-0.2, 0) is 15.7 Å². The highest BCUT2D eigenvalue weighted by Crippen LogP contribution is 2.37. The third kappa shape index (κ3) is 4.62. The molecule has 3 heterocycles. The molecule has 1 N–H and O–H groups in total. The molecule has 3 amide bonds. The molecule has 1 aromatic carbocycles. The van der Waals surface area contributed by atoms with Crippen molar-refractivity contribution < 1.29 is 32.2 Å². The molecule has 1 aromatic rings. The highest BCUT2D eigenvalue weighted by molar-refractivity contribution is 9.10. The van der Waals surface area contributed by atoms with Crippen molar-refractivity contribution in [2.75, 3.05) is 26.2 Å². The number of nitrogens with one attached hydrogen (secondary N) is 1. The summed E-state index contributed by atoms with van der Waals surface area (Å²) in [5.74, 6) is -0.0888. The topological polar surface area (TPSA) is 71.1 Å². The maximum atomic E-state index is 13.1. The van der Waals surface area contributed by atoms with Gasteiger partial charge in [-0.25, -0.2) is 4.79 Å². The van der Waals surface area contributed by atoms with Gasteiger partial charge in [0.1, 0.15) is 18.5 Å². The van der Waals surface area contributed by atoms with Crippen LogP contribution in [0, 0.1) is 0 Å². The number of benzene rings is 1. The second-order valence-electron chi connectivity index (χ2n) is 8.06. The predicted octanol–water partition coefficient (Wildman–Crippen LogP) is 3.02. The average Bonchev–Trinajstić information content (AvgIpc) is 3.07. The van der Waals surface area contributed by atoms with Crippen molar-refractivity contribution in [3.05, 3.63) is 28.2 Å². The van der Waals surface area contributed by atoms with E-state index < -0.39 is 17.8 Å². The fraction of sp³-hybridized carbons (Fsp3) is 0.600. The molecule has 0 saturated carbocycles. The average molecular weight is 506 g/mol. The Labute approximate surface area is 186 Å². The summed E-state index contributed by atoms with van der Waals surface area (Å²) in [5.41, 5.74) is -0.788. The number of morpholine rings is 1. The minimum Gasteiger partial charge on any atom is -0.487 e. The van der Waals surface area contributed by atoms with Gasteiger partial charge < -0.3 is 24.6 Å². The van der Waals surface area contributed by atoms with Crippen LogP contribution in [0.4, 0.5) is 18.0 Å². The Morgan fingerprint density at radius 1 is 1.29 bits per heavy atom. The molecule has 0 bridgehead atoms. The number of rotatable bonds is 2. The molecule has 31 heavy (non-hydrogen) atoms. The molecule has 170 valence electrons. The van der Waals surface area contributed by atoms with Gasteiger partial charge in [0.15, 0.2) is 0 Å². The first-order valence-corrected chi connectivity index (χ1v) is 10.9. The van der Waals surface area contributed by atoms with Gasteiger partial charge in [-0.15, -0.1) is 0 Å². The number of alkyl halides is 3. The number of amides is 3. The molecule has 11 heteroatoms. The smallest absolute Gasteiger partial charge is 0.416 e. The van der Waals surface area contributed by atoms with Crippen molar-refractivity contribution in [1.82, 2.24) is 15.1 Å². The number of fused-ring (bicyclic) bond motifs is 1. The number of likely N-dealkylation sites (tertiary alicyclic amines) is 2. The molecule has 0 radical (unpaired) electrons. The molecule has 0 unspecified atom stereocenters. The molecule has 4 rings (SSSR count). The van der Waals surface area contributed by atoms with Gasteiger partial charge in [0.2, 0.25) is 5.91 Å². The van der Waals surface area contributed by atoms with E-state index in [-0.39, 0.29) is 42.5 Å². The number of hydrogen-bond donors (Lipinski definition) is 1. The van der Waals surface area contributed by atoms with Gasteiger partial charge in [-0.2, -0.15) is 13.2 Å². The number of halogens is 4. The second kappa shape index (κ2) is 8.50. The van der Waals surface area contributed by atoms with Crippen LogP contribution in [0.5, 0.6) is 5.75 Å². The summed E-state index contributed by atoms with van der Waals surface area (Å²) >= 11 is 3.24. The SMILES string of the molecule is C[C@@H]1[C@@H](Oc2cc(C(F)(F)F)ccc2Br)CCN1C(=O)N1CC[C@@H]2OCC(=O)N[C@@H]2C1. The summed E-state index contributed by atoms with van der Waals surface area (Å²) in [6.45, 7) is 3.19. The van der Waals surface area contributed by atoms with Crippen molar-refractivity contribution in [2.24, 2.45) is 0 Å². The maximum Gasteiger partial charge on any atom is 0.416 e. The Morgan fingerprint density at radius 3 is 2.81 bits per heavy atom. The van der Waals surface area contributed by atoms with Gasteiger partial charge in [0.25, 0.3) is 0 Å². The van der Waals surface area contributed by atoms with Crippen LogP contribution >= 0.6 is 15.9 Å². The predicted molar refractivity (Wildman–Crippen MR) is 108 cm³/mol. The first-order chi connectivity index (χ1) is 14.6. The van der Waals surface area contributed by atoms with Crippen LogP contribution in [0.15, 0.2) is 22.7 Å². The third-order valence-corrected chi connectivity index (χ3v) is 6.72. The normalized spacial score (nSPS) is 28.9. The van der Waals surface area contributed by atoms with Gasteiger partial charge in [-0.1, -0.05) is 0 Å². The van der Waals surface area contributed by atoms with E-state index in [2.05, 4.69) is 21.2 Å². The number of hydrogen-bond acceptors (Lipinski definition) is 4. The number of carbonyl (C=O) groups is 2. The zero-order chi connectivity index (χ0) is 22.3. The Bertz CT molecular complexity index is 869. The molecule has 7 nitrogen and oxygen atoms in total. The van der Waals surface area contributed by atoms with Crippen molar-refractivity contribution in [3.8, 4) is 5.75 Å². The largest absolute Gasteiger partial charge is 0.487 e. The van der Waals surface area contributed by atoms with Gasteiger partial charge in [-0.3, -0.25) is 4.79 Å². The minimum atomic E-state index is -4.47. The van der Waals surface area contributed by atoms with E-state index in [4.69, 9.17) is 9.47 Å². The molecule has 3 aliphatic heterocycles. The van der Waals surface area contributed by atoms with E-state index in [0.717, 1.165) is 12.1 Å². The number of urea groups is 1. The summed E-state index contributed by atoms with van der Waals surface area (Å²) in [5, 5.41) is 2.87. The molecule has 0 spiro atoms. The lowest BCUT2D eigenvalue weighted by Crippen LogP contribution is -2.62. The van der Waals surface area contributed by atoms with Crippen molar-refractivity contribution in [1.29, 1.82) is 0 Å². The molecule has 4 atom stereocenters. The van der Waals surface area contributed by atoms with E-state index in [1.807, 2.05) is 6.92 Å². The fourth-order valence-corrected chi connectivity index (χ4v) is 4.67. The lowest BCUT2D eigenvalue weighted by molar-refractivity contribution is -0.140. The van der Waals surface area contributed by atoms with E-state index in [1.54, 1.807) is 9.80 Å². The summed E-state index contributed by atoms with van der Waals surface area (Å²) in [6, 6.07) is 2.56. The molecule has 0 aromatic heterocycles. The summed E-state index contributed by atoms with van der Waals surface area (Å²) < 4.78 is 51.0. The number of ether oxygens (including phenoxy) is 2. The van der Waals surface area contributed by atoms with Crippen LogP contribution in [0.25, 0.3) is 0 Å². The number of carbonyl (C=O) groups excluding carboxylic acids is 2. The quantitative estimate of drug-likeness (QED) is 0.670. The molecule has 3 aliphatic rings. The monoisotopic (exact) mass is 505 g/mol. The molecular weight excluding hydrogens is 483 g/mol. The van der Waals surface area contributed by atoms with Crippen molar-refractivity contribution >= 4 is 27.9 Å². The van der Waals surface area contributed by atoms with E-state index in [9.17, 15) is 22.8 Å².